The molecule has 0 spiro atoms. The third-order valence-electron chi connectivity index (χ3n) is 3.86. The lowest BCUT2D eigenvalue weighted by molar-refractivity contribution is -0.0348. The van der Waals surface area contributed by atoms with Gasteiger partial charge in [0.05, 0.1) is 12.2 Å². The van der Waals surface area contributed by atoms with Crippen LogP contribution in [0.1, 0.15) is 52.0 Å². The van der Waals surface area contributed by atoms with Crippen LogP contribution in [0, 0.1) is 0 Å². The summed E-state index contributed by atoms with van der Waals surface area (Å²) in [5.74, 6) is 0. The van der Waals surface area contributed by atoms with Crippen molar-refractivity contribution in [1.82, 2.24) is 0 Å². The van der Waals surface area contributed by atoms with Crippen molar-refractivity contribution in [2.75, 3.05) is 0 Å². The molecule has 110 valence electrons. The molecule has 0 saturated carbocycles. The maximum absolute atomic E-state index is 5.95. The van der Waals surface area contributed by atoms with Gasteiger partial charge in [0, 0.05) is 0 Å². The molecule has 2 nitrogen and oxygen atoms in total. The Morgan fingerprint density at radius 1 is 1.05 bits per heavy atom. The number of ether oxygens (including phenoxy) is 2. The topological polar surface area (TPSA) is 18.5 Å². The zero-order chi connectivity index (χ0) is 14.4. The molecule has 0 bridgehead atoms. The van der Waals surface area contributed by atoms with Gasteiger partial charge in [0.15, 0.2) is 6.29 Å². The molecule has 0 aliphatic carbocycles. The molecule has 2 rings (SSSR count). The van der Waals surface area contributed by atoms with Crippen molar-refractivity contribution in [3.8, 4) is 0 Å². The molecule has 1 aromatic rings. The molecule has 0 amide bonds. The summed E-state index contributed by atoms with van der Waals surface area (Å²) in [5.41, 5.74) is 2.49. The number of rotatable bonds is 6. The largest absolute Gasteiger partial charge is 0.343 e. The molecule has 0 radical (unpaired) electrons. The van der Waals surface area contributed by atoms with E-state index in [1.165, 1.54) is 30.4 Å². The minimum atomic E-state index is -0.169. The van der Waals surface area contributed by atoms with Gasteiger partial charge in [-0.1, -0.05) is 56.2 Å². The predicted octanol–water partition coefficient (Wildman–Crippen LogP) is 4.80. The Kier molecular flexibility index (Phi) is 5.81. The SMILES string of the molecule is CCCCC/C(=C\c1ccccc1)C1OC(C)C(C)O1. The van der Waals surface area contributed by atoms with Crippen molar-refractivity contribution in [1.29, 1.82) is 0 Å². The van der Waals surface area contributed by atoms with Crippen LogP contribution >= 0.6 is 0 Å². The fourth-order valence-electron chi connectivity index (χ4n) is 2.42. The number of hydrogen-bond acceptors (Lipinski definition) is 2. The predicted molar refractivity (Wildman–Crippen MR) is 83.4 cm³/mol. The number of unbranched alkanes of at least 4 members (excludes halogenated alkanes) is 2. The molecule has 1 aliphatic rings. The molecule has 2 heteroatoms. The van der Waals surface area contributed by atoms with Gasteiger partial charge in [-0.05, 0) is 37.8 Å². The quantitative estimate of drug-likeness (QED) is 0.694. The van der Waals surface area contributed by atoms with Gasteiger partial charge in [0.2, 0.25) is 0 Å². The zero-order valence-corrected chi connectivity index (χ0v) is 12.8. The molecule has 1 saturated heterocycles. The van der Waals surface area contributed by atoms with Gasteiger partial charge in [-0.25, -0.2) is 0 Å². The Hall–Kier alpha value is -1.12. The first-order valence-corrected chi connectivity index (χ1v) is 7.77. The normalized spacial score (nSPS) is 26.9. The minimum absolute atomic E-state index is 0.169. The maximum Gasteiger partial charge on any atom is 0.180 e. The summed E-state index contributed by atoms with van der Waals surface area (Å²) in [4.78, 5) is 0. The van der Waals surface area contributed by atoms with Gasteiger partial charge < -0.3 is 9.47 Å². The summed E-state index contributed by atoms with van der Waals surface area (Å²) in [6.07, 6.45) is 7.13. The first kappa shape index (κ1) is 15.3. The molecule has 1 fully saturated rings. The van der Waals surface area contributed by atoms with E-state index in [-0.39, 0.29) is 18.5 Å². The second-order valence-electron chi connectivity index (χ2n) is 5.60. The van der Waals surface area contributed by atoms with Crippen molar-refractivity contribution in [3.05, 3.63) is 41.5 Å². The van der Waals surface area contributed by atoms with Crippen molar-refractivity contribution >= 4 is 6.08 Å². The molecule has 20 heavy (non-hydrogen) atoms. The zero-order valence-electron chi connectivity index (χ0n) is 12.8. The lowest BCUT2D eigenvalue weighted by Gasteiger charge is -2.15. The van der Waals surface area contributed by atoms with Crippen molar-refractivity contribution in [2.24, 2.45) is 0 Å². The van der Waals surface area contributed by atoms with Crippen LogP contribution in [0.25, 0.3) is 6.08 Å². The second kappa shape index (κ2) is 7.61. The van der Waals surface area contributed by atoms with Gasteiger partial charge in [-0.15, -0.1) is 0 Å². The molecule has 2 unspecified atom stereocenters. The average Bonchev–Trinajstić information content (AvgIpc) is 2.79. The van der Waals surface area contributed by atoms with Crippen LogP contribution < -0.4 is 0 Å². The van der Waals surface area contributed by atoms with Crippen LogP contribution in [0.4, 0.5) is 0 Å². The van der Waals surface area contributed by atoms with E-state index in [1.54, 1.807) is 0 Å². The Labute approximate surface area is 122 Å². The highest BCUT2D eigenvalue weighted by atomic mass is 16.7. The summed E-state index contributed by atoms with van der Waals surface area (Å²) in [6, 6.07) is 10.4. The number of hydrogen-bond donors (Lipinski definition) is 0. The van der Waals surface area contributed by atoms with E-state index < -0.39 is 0 Å². The third kappa shape index (κ3) is 4.19. The van der Waals surface area contributed by atoms with Crippen molar-refractivity contribution in [3.63, 3.8) is 0 Å². The lowest BCUT2D eigenvalue weighted by Crippen LogP contribution is -2.13. The number of benzene rings is 1. The molecule has 0 aromatic heterocycles. The Morgan fingerprint density at radius 2 is 1.70 bits per heavy atom. The van der Waals surface area contributed by atoms with Crippen LogP contribution in [-0.2, 0) is 9.47 Å². The summed E-state index contributed by atoms with van der Waals surface area (Å²) < 4.78 is 11.9. The minimum Gasteiger partial charge on any atom is -0.343 e. The van der Waals surface area contributed by atoms with Crippen LogP contribution in [0.3, 0.4) is 0 Å². The van der Waals surface area contributed by atoms with Gasteiger partial charge >= 0.3 is 0 Å². The molecular weight excluding hydrogens is 248 g/mol. The molecule has 1 aliphatic heterocycles. The summed E-state index contributed by atoms with van der Waals surface area (Å²) in [7, 11) is 0. The van der Waals surface area contributed by atoms with E-state index in [9.17, 15) is 0 Å². The van der Waals surface area contributed by atoms with E-state index in [0.717, 1.165) is 6.42 Å². The third-order valence-corrected chi connectivity index (χ3v) is 3.86. The van der Waals surface area contributed by atoms with E-state index in [2.05, 4.69) is 51.1 Å². The highest BCUT2D eigenvalue weighted by molar-refractivity contribution is 5.53. The monoisotopic (exact) mass is 274 g/mol. The van der Waals surface area contributed by atoms with E-state index in [4.69, 9.17) is 9.47 Å². The van der Waals surface area contributed by atoms with Crippen molar-refractivity contribution in [2.45, 2.75) is 65.0 Å². The molecule has 1 heterocycles. The van der Waals surface area contributed by atoms with Crippen molar-refractivity contribution < 1.29 is 9.47 Å². The first-order chi connectivity index (χ1) is 9.70. The van der Waals surface area contributed by atoms with Crippen LogP contribution in [0.15, 0.2) is 35.9 Å². The Morgan fingerprint density at radius 3 is 2.30 bits per heavy atom. The van der Waals surface area contributed by atoms with Gasteiger partial charge in [-0.2, -0.15) is 0 Å². The second-order valence-corrected chi connectivity index (χ2v) is 5.60. The van der Waals surface area contributed by atoms with E-state index >= 15 is 0 Å². The Bertz CT molecular complexity index is 414. The highest BCUT2D eigenvalue weighted by Gasteiger charge is 2.31. The average molecular weight is 274 g/mol. The van der Waals surface area contributed by atoms with Gasteiger partial charge in [0.25, 0.3) is 0 Å². The molecule has 2 atom stereocenters. The molecular formula is C18H26O2. The van der Waals surface area contributed by atoms with Gasteiger partial charge in [-0.3, -0.25) is 0 Å². The van der Waals surface area contributed by atoms with E-state index in [1.807, 2.05) is 6.07 Å². The Balaban J connectivity index is 2.10. The summed E-state index contributed by atoms with van der Waals surface area (Å²) in [5, 5.41) is 0. The van der Waals surface area contributed by atoms with E-state index in [0.29, 0.717) is 0 Å². The standard InChI is InChI=1S/C18H26O2/c1-4-5-7-12-17(13-16-10-8-6-9-11-16)18-19-14(2)15(3)20-18/h6,8-11,13-15,18H,4-5,7,12H2,1-3H3/b17-13+. The van der Waals surface area contributed by atoms with Crippen LogP contribution in [0.2, 0.25) is 0 Å². The maximum atomic E-state index is 5.95. The van der Waals surface area contributed by atoms with Crippen LogP contribution in [0.5, 0.6) is 0 Å². The van der Waals surface area contributed by atoms with Gasteiger partial charge in [0.1, 0.15) is 0 Å². The van der Waals surface area contributed by atoms with Crippen LogP contribution in [-0.4, -0.2) is 18.5 Å². The first-order valence-electron chi connectivity index (χ1n) is 7.77. The molecule has 0 N–H and O–H groups in total. The fraction of sp³-hybridized carbons (Fsp3) is 0.556. The lowest BCUT2D eigenvalue weighted by atomic mass is 10.0. The fourth-order valence-corrected chi connectivity index (χ4v) is 2.42. The summed E-state index contributed by atoms with van der Waals surface area (Å²) >= 11 is 0. The smallest absolute Gasteiger partial charge is 0.180 e. The summed E-state index contributed by atoms with van der Waals surface area (Å²) in [6.45, 7) is 6.39. The molecule has 1 aromatic carbocycles. The highest BCUT2D eigenvalue weighted by Crippen LogP contribution is 2.28.